The number of rotatable bonds is 5. The number of ether oxygens (including phenoxy) is 1. The third kappa shape index (κ3) is 5.29. The second-order valence-corrected chi connectivity index (χ2v) is 7.42. The zero-order valence-electron chi connectivity index (χ0n) is 18.1. The molecule has 3 N–H and O–H groups in total. The van der Waals surface area contributed by atoms with Crippen molar-refractivity contribution >= 4 is 11.6 Å². The Labute approximate surface area is 195 Å². The van der Waals surface area contributed by atoms with Gasteiger partial charge in [0.05, 0.1) is 16.8 Å². The molecule has 0 saturated carbocycles. The molecule has 1 amide bonds. The van der Waals surface area contributed by atoms with Crippen molar-refractivity contribution in [1.29, 1.82) is 0 Å². The number of amides is 1. The Hall–Kier alpha value is -4.67. The predicted molar refractivity (Wildman–Crippen MR) is 122 cm³/mol. The quantitative estimate of drug-likeness (QED) is 0.387. The Morgan fingerprint density at radius 3 is 2.34 bits per heavy atom. The molecule has 0 radical (unpaired) electrons. The molecule has 0 aliphatic carbocycles. The van der Waals surface area contributed by atoms with Crippen molar-refractivity contribution in [2.75, 3.05) is 5.32 Å². The Kier molecular flexibility index (Phi) is 6.24. The second kappa shape index (κ2) is 9.29. The van der Waals surface area contributed by atoms with Crippen molar-refractivity contribution < 1.29 is 22.7 Å². The van der Waals surface area contributed by atoms with Crippen LogP contribution in [-0.2, 0) is 6.18 Å². The maximum absolute atomic E-state index is 14.1. The van der Waals surface area contributed by atoms with Crippen LogP contribution < -0.4 is 21.2 Å². The fourth-order valence-corrected chi connectivity index (χ4v) is 3.34. The summed E-state index contributed by atoms with van der Waals surface area (Å²) in [5.41, 5.74) is -2.38. The number of pyridine rings is 3. The Morgan fingerprint density at radius 1 is 0.971 bits per heavy atom. The summed E-state index contributed by atoms with van der Waals surface area (Å²) in [5, 5.41) is 2.48. The largest absolute Gasteiger partial charge is 0.455 e. The zero-order valence-corrected chi connectivity index (χ0v) is 18.1. The van der Waals surface area contributed by atoms with Gasteiger partial charge in [0.15, 0.2) is 0 Å². The average Bonchev–Trinajstić information content (AvgIpc) is 2.79. The van der Waals surface area contributed by atoms with Gasteiger partial charge in [-0.3, -0.25) is 19.4 Å². The summed E-state index contributed by atoms with van der Waals surface area (Å²) < 4.78 is 47.9. The number of aromatic amines is 2. The molecular weight excluding hydrogens is 465 g/mol. The van der Waals surface area contributed by atoms with E-state index >= 15 is 0 Å². The summed E-state index contributed by atoms with van der Waals surface area (Å²) >= 11 is 0. The van der Waals surface area contributed by atoms with E-state index in [-0.39, 0.29) is 28.3 Å². The number of anilines is 1. The van der Waals surface area contributed by atoms with Crippen molar-refractivity contribution in [2.45, 2.75) is 13.1 Å². The Bertz CT molecular complexity index is 1530. The SMILES string of the molecule is Cc1ncccc1Oc1cc(C(F)(F)F)c(-c2cc[nH]c(=O)c2)cc1C(=O)Nc1cc[nH]c(=O)c1. The van der Waals surface area contributed by atoms with Gasteiger partial charge in [0.2, 0.25) is 11.1 Å². The second-order valence-electron chi connectivity index (χ2n) is 7.42. The summed E-state index contributed by atoms with van der Waals surface area (Å²) in [4.78, 5) is 45.3. The number of nitrogens with one attached hydrogen (secondary N) is 3. The summed E-state index contributed by atoms with van der Waals surface area (Å²) in [6.07, 6.45) is -0.832. The fraction of sp³-hybridized carbons (Fsp3) is 0.0833. The number of carbonyl (C=O) groups excluding carboxylic acids is 1. The van der Waals surface area contributed by atoms with Gasteiger partial charge in [-0.15, -0.1) is 0 Å². The molecule has 8 nitrogen and oxygen atoms in total. The highest BCUT2D eigenvalue weighted by molar-refractivity contribution is 6.07. The van der Waals surface area contributed by atoms with Crippen molar-refractivity contribution in [1.82, 2.24) is 15.0 Å². The van der Waals surface area contributed by atoms with Crippen molar-refractivity contribution in [3.8, 4) is 22.6 Å². The average molecular weight is 482 g/mol. The standard InChI is InChI=1S/C24H17F3N4O4/c1-13-19(3-2-6-28-13)35-20-12-18(24(25,26)27)16(14-4-7-29-21(32)9-14)11-17(20)23(34)31-15-5-8-30-22(33)10-15/h2-12H,1H3,(H,29,32)(H2,30,31,33,34). The third-order valence-corrected chi connectivity index (χ3v) is 4.97. The molecule has 0 aliphatic rings. The monoisotopic (exact) mass is 482 g/mol. The zero-order chi connectivity index (χ0) is 25.2. The number of aromatic nitrogens is 3. The molecule has 3 heterocycles. The number of H-pyrrole nitrogens is 2. The van der Waals surface area contributed by atoms with Gasteiger partial charge in [-0.1, -0.05) is 0 Å². The smallest absolute Gasteiger partial charge is 0.417 e. The van der Waals surface area contributed by atoms with Gasteiger partial charge in [0.1, 0.15) is 11.5 Å². The predicted octanol–water partition coefficient (Wildman–Crippen LogP) is 4.50. The van der Waals surface area contributed by atoms with E-state index in [2.05, 4.69) is 20.3 Å². The minimum absolute atomic E-state index is 0.0459. The van der Waals surface area contributed by atoms with Gasteiger partial charge in [-0.25, -0.2) is 0 Å². The lowest BCUT2D eigenvalue weighted by molar-refractivity contribution is -0.137. The first-order valence-electron chi connectivity index (χ1n) is 10.2. The van der Waals surface area contributed by atoms with E-state index in [1.54, 1.807) is 6.92 Å². The van der Waals surface area contributed by atoms with Crippen LogP contribution >= 0.6 is 0 Å². The highest BCUT2D eigenvalue weighted by atomic mass is 19.4. The first-order valence-corrected chi connectivity index (χ1v) is 10.2. The van der Waals surface area contributed by atoms with E-state index in [1.165, 1.54) is 42.9 Å². The Balaban J connectivity index is 1.92. The highest BCUT2D eigenvalue weighted by Crippen LogP contribution is 2.42. The molecule has 178 valence electrons. The number of carbonyl (C=O) groups is 1. The first kappa shape index (κ1) is 23.5. The van der Waals surface area contributed by atoms with E-state index in [0.717, 1.165) is 18.2 Å². The van der Waals surface area contributed by atoms with Crippen molar-refractivity contribution in [2.24, 2.45) is 0 Å². The summed E-state index contributed by atoms with van der Waals surface area (Å²) in [5.74, 6) is -1.06. The molecule has 3 aromatic heterocycles. The van der Waals surface area contributed by atoms with Gasteiger partial charge >= 0.3 is 6.18 Å². The van der Waals surface area contributed by atoms with E-state index in [9.17, 15) is 27.6 Å². The molecule has 0 unspecified atom stereocenters. The summed E-state index contributed by atoms with van der Waals surface area (Å²) in [7, 11) is 0. The number of aryl methyl sites for hydroxylation is 1. The highest BCUT2D eigenvalue weighted by Gasteiger charge is 2.36. The molecule has 0 aliphatic heterocycles. The first-order chi connectivity index (χ1) is 16.6. The van der Waals surface area contributed by atoms with Crippen LogP contribution in [0.25, 0.3) is 11.1 Å². The number of alkyl halides is 3. The third-order valence-electron chi connectivity index (χ3n) is 4.97. The maximum atomic E-state index is 14.1. The van der Waals surface area contributed by atoms with Crippen LogP contribution in [-0.4, -0.2) is 20.9 Å². The normalized spacial score (nSPS) is 11.2. The number of benzene rings is 1. The van der Waals surface area contributed by atoms with Crippen molar-refractivity contribution in [3.63, 3.8) is 0 Å². The summed E-state index contributed by atoms with van der Waals surface area (Å²) in [6, 6.07) is 9.55. The van der Waals surface area contributed by atoms with E-state index in [0.29, 0.717) is 11.8 Å². The molecule has 4 rings (SSSR count). The van der Waals surface area contributed by atoms with E-state index < -0.39 is 34.3 Å². The van der Waals surface area contributed by atoms with Crippen LogP contribution in [0.3, 0.4) is 0 Å². The number of halogens is 3. The Morgan fingerprint density at radius 2 is 1.69 bits per heavy atom. The number of hydrogen-bond donors (Lipinski definition) is 3. The molecule has 35 heavy (non-hydrogen) atoms. The molecule has 0 atom stereocenters. The molecule has 1 aromatic carbocycles. The lowest BCUT2D eigenvalue weighted by atomic mass is 9.96. The topological polar surface area (TPSA) is 117 Å². The molecule has 0 fully saturated rings. The van der Waals surface area contributed by atoms with Gasteiger partial charge in [-0.2, -0.15) is 13.2 Å². The molecular formula is C24H17F3N4O4. The maximum Gasteiger partial charge on any atom is 0.417 e. The van der Waals surface area contributed by atoms with Gasteiger partial charge < -0.3 is 20.0 Å². The van der Waals surface area contributed by atoms with Crippen molar-refractivity contribution in [3.05, 3.63) is 105 Å². The van der Waals surface area contributed by atoms with Crippen LogP contribution in [0.15, 0.2) is 76.7 Å². The molecule has 11 heteroatoms. The van der Waals surface area contributed by atoms with E-state index in [1.807, 2.05) is 0 Å². The van der Waals surface area contributed by atoms with Crippen LogP contribution in [0, 0.1) is 6.92 Å². The molecule has 0 spiro atoms. The van der Waals surface area contributed by atoms with Crippen LogP contribution in [0.4, 0.5) is 18.9 Å². The number of hydrogen-bond acceptors (Lipinski definition) is 5. The fourth-order valence-electron chi connectivity index (χ4n) is 3.34. The minimum atomic E-state index is -4.83. The van der Waals surface area contributed by atoms with Crippen LogP contribution in [0.1, 0.15) is 21.6 Å². The number of nitrogens with zero attached hydrogens (tertiary/aromatic N) is 1. The van der Waals surface area contributed by atoms with Crippen LogP contribution in [0.2, 0.25) is 0 Å². The van der Waals surface area contributed by atoms with Crippen LogP contribution in [0.5, 0.6) is 11.5 Å². The van der Waals surface area contributed by atoms with Gasteiger partial charge in [0.25, 0.3) is 5.91 Å². The minimum Gasteiger partial charge on any atom is -0.455 e. The lowest BCUT2D eigenvalue weighted by Gasteiger charge is -2.19. The van der Waals surface area contributed by atoms with E-state index in [4.69, 9.17) is 4.74 Å². The van der Waals surface area contributed by atoms with Gasteiger partial charge in [-0.05, 0) is 54.4 Å². The van der Waals surface area contributed by atoms with Gasteiger partial charge in [0, 0.05) is 36.4 Å². The summed E-state index contributed by atoms with van der Waals surface area (Å²) in [6.45, 7) is 1.60. The molecule has 0 saturated heterocycles. The lowest BCUT2D eigenvalue weighted by Crippen LogP contribution is -2.17. The molecule has 4 aromatic rings. The molecule has 0 bridgehead atoms.